The molecule has 0 aromatic heterocycles. The van der Waals surface area contributed by atoms with Crippen LogP contribution in [0.4, 0.5) is 5.69 Å². The fraction of sp³-hybridized carbons (Fsp3) is 0.286. The summed E-state index contributed by atoms with van der Waals surface area (Å²) < 4.78 is 5.51. The molecule has 0 radical (unpaired) electrons. The second-order valence-corrected chi connectivity index (χ2v) is 6.86. The molecule has 0 aliphatic heterocycles. The number of phenolic OH excluding ortho intramolecular Hbond substituents is 1. The Hall–Kier alpha value is -2.55. The van der Waals surface area contributed by atoms with Crippen LogP contribution in [0.15, 0.2) is 54.0 Å². The molecular formula is C21H25NO2. The van der Waals surface area contributed by atoms with Gasteiger partial charge in [-0.15, -0.1) is 0 Å². The summed E-state index contributed by atoms with van der Waals surface area (Å²) in [7, 11) is 0. The molecule has 2 aromatic carbocycles. The van der Waals surface area contributed by atoms with Crippen molar-refractivity contribution < 1.29 is 9.84 Å². The molecule has 0 aliphatic carbocycles. The summed E-state index contributed by atoms with van der Waals surface area (Å²) in [6, 6.07) is 11.5. The van der Waals surface area contributed by atoms with E-state index in [2.05, 4.69) is 32.3 Å². The van der Waals surface area contributed by atoms with Crippen molar-refractivity contribution in [3.8, 4) is 11.5 Å². The van der Waals surface area contributed by atoms with Crippen LogP contribution in [-0.2, 0) is 5.41 Å². The molecule has 0 amide bonds. The van der Waals surface area contributed by atoms with Gasteiger partial charge in [-0.05, 0) is 36.1 Å². The van der Waals surface area contributed by atoms with Gasteiger partial charge in [0.05, 0.1) is 5.69 Å². The molecule has 0 atom stereocenters. The highest BCUT2D eigenvalue weighted by Gasteiger charge is 2.20. The molecule has 2 aromatic rings. The van der Waals surface area contributed by atoms with Crippen LogP contribution >= 0.6 is 0 Å². The number of hydrogen-bond donors (Lipinski definition) is 1. The van der Waals surface area contributed by atoms with E-state index in [0.29, 0.717) is 6.61 Å². The number of aryl methyl sites for hydroxylation is 1. The number of benzene rings is 2. The number of phenols is 1. The summed E-state index contributed by atoms with van der Waals surface area (Å²) in [6.45, 7) is 12.4. The Balaban J connectivity index is 2.32. The third-order valence-electron chi connectivity index (χ3n) is 3.63. The van der Waals surface area contributed by atoms with E-state index in [1.54, 1.807) is 12.3 Å². The van der Waals surface area contributed by atoms with Gasteiger partial charge in [0.2, 0.25) is 0 Å². The van der Waals surface area contributed by atoms with Gasteiger partial charge in [-0.25, -0.2) is 0 Å². The van der Waals surface area contributed by atoms with Gasteiger partial charge in [-0.3, -0.25) is 4.99 Å². The van der Waals surface area contributed by atoms with Crippen LogP contribution in [0.25, 0.3) is 0 Å². The summed E-state index contributed by atoms with van der Waals surface area (Å²) in [6.07, 6.45) is 3.40. The highest BCUT2D eigenvalue weighted by atomic mass is 16.5. The lowest BCUT2D eigenvalue weighted by atomic mass is 9.84. The molecule has 2 rings (SSSR count). The number of nitrogens with zero attached hydrogens (tertiary/aromatic N) is 1. The van der Waals surface area contributed by atoms with Crippen LogP contribution in [0.5, 0.6) is 11.5 Å². The van der Waals surface area contributed by atoms with Gasteiger partial charge in [0.25, 0.3) is 0 Å². The van der Waals surface area contributed by atoms with E-state index in [-0.39, 0.29) is 11.2 Å². The largest absolute Gasteiger partial charge is 0.507 e. The lowest BCUT2D eigenvalue weighted by Gasteiger charge is -2.22. The molecule has 0 heterocycles. The Labute approximate surface area is 144 Å². The van der Waals surface area contributed by atoms with E-state index in [4.69, 9.17) is 4.74 Å². The first kappa shape index (κ1) is 17.8. The van der Waals surface area contributed by atoms with Crippen LogP contribution in [0.3, 0.4) is 0 Å². The first-order valence-electron chi connectivity index (χ1n) is 8.03. The van der Waals surface area contributed by atoms with Crippen molar-refractivity contribution in [3.05, 3.63) is 65.7 Å². The van der Waals surface area contributed by atoms with E-state index in [0.717, 1.165) is 28.1 Å². The average molecular weight is 323 g/mol. The molecule has 0 bridgehead atoms. The molecular weight excluding hydrogens is 298 g/mol. The van der Waals surface area contributed by atoms with Crippen molar-refractivity contribution in [1.29, 1.82) is 0 Å². The Bertz CT molecular complexity index is 755. The van der Waals surface area contributed by atoms with Gasteiger partial charge >= 0.3 is 0 Å². The molecule has 3 heteroatoms. The molecule has 0 aliphatic rings. The Morgan fingerprint density at radius 1 is 1.21 bits per heavy atom. The number of rotatable bonds is 5. The SMILES string of the molecule is C=CCOc1cccc(N=Cc2cc(C)cc(C(C)(C)C)c2O)c1. The minimum Gasteiger partial charge on any atom is -0.507 e. The van der Waals surface area contributed by atoms with E-state index in [9.17, 15) is 5.11 Å². The first-order valence-corrected chi connectivity index (χ1v) is 8.03. The average Bonchev–Trinajstić information content (AvgIpc) is 2.52. The molecule has 0 saturated heterocycles. The minimum absolute atomic E-state index is 0.128. The van der Waals surface area contributed by atoms with Crippen molar-refractivity contribution in [3.63, 3.8) is 0 Å². The fourth-order valence-corrected chi connectivity index (χ4v) is 2.43. The summed E-state index contributed by atoms with van der Waals surface area (Å²) >= 11 is 0. The van der Waals surface area contributed by atoms with Crippen molar-refractivity contribution in [1.82, 2.24) is 0 Å². The summed E-state index contributed by atoms with van der Waals surface area (Å²) in [5, 5.41) is 10.6. The van der Waals surface area contributed by atoms with Crippen molar-refractivity contribution >= 4 is 11.9 Å². The molecule has 126 valence electrons. The van der Waals surface area contributed by atoms with Crippen molar-refractivity contribution in [2.24, 2.45) is 4.99 Å². The zero-order valence-electron chi connectivity index (χ0n) is 14.8. The molecule has 0 unspecified atom stereocenters. The first-order chi connectivity index (χ1) is 11.3. The monoisotopic (exact) mass is 323 g/mol. The second kappa shape index (κ2) is 7.35. The zero-order chi connectivity index (χ0) is 17.7. The third-order valence-corrected chi connectivity index (χ3v) is 3.63. The molecule has 0 fully saturated rings. The van der Waals surface area contributed by atoms with E-state index in [1.807, 2.05) is 43.3 Å². The lowest BCUT2D eigenvalue weighted by Crippen LogP contribution is -2.12. The van der Waals surface area contributed by atoms with Gasteiger partial charge < -0.3 is 9.84 Å². The topological polar surface area (TPSA) is 41.8 Å². The highest BCUT2D eigenvalue weighted by molar-refractivity contribution is 5.86. The van der Waals surface area contributed by atoms with Crippen LogP contribution < -0.4 is 4.74 Å². The van der Waals surface area contributed by atoms with Gasteiger partial charge in [0.1, 0.15) is 18.1 Å². The smallest absolute Gasteiger partial charge is 0.128 e. The Kier molecular flexibility index (Phi) is 5.45. The van der Waals surface area contributed by atoms with Gasteiger partial charge in [-0.1, -0.05) is 45.6 Å². The standard InChI is InChI=1S/C21H25NO2/c1-6-10-24-18-9-7-8-17(13-18)22-14-16-11-15(2)12-19(20(16)23)21(3,4)5/h6-9,11-14,23H,1,10H2,2-5H3. The maximum Gasteiger partial charge on any atom is 0.128 e. The van der Waals surface area contributed by atoms with Crippen LogP contribution in [0.2, 0.25) is 0 Å². The van der Waals surface area contributed by atoms with Crippen molar-refractivity contribution in [2.75, 3.05) is 6.61 Å². The van der Waals surface area contributed by atoms with Gasteiger partial charge in [-0.2, -0.15) is 0 Å². The number of ether oxygens (including phenoxy) is 1. The fourth-order valence-electron chi connectivity index (χ4n) is 2.43. The summed E-state index contributed by atoms with van der Waals surface area (Å²) in [4.78, 5) is 4.48. The molecule has 24 heavy (non-hydrogen) atoms. The van der Waals surface area contributed by atoms with Crippen LogP contribution in [0, 0.1) is 6.92 Å². The number of aliphatic imine (C=N–C) groups is 1. The number of hydrogen-bond acceptors (Lipinski definition) is 3. The van der Waals surface area contributed by atoms with Gasteiger partial charge in [0, 0.05) is 23.4 Å². The second-order valence-electron chi connectivity index (χ2n) is 6.86. The molecule has 3 nitrogen and oxygen atoms in total. The van der Waals surface area contributed by atoms with Crippen molar-refractivity contribution in [2.45, 2.75) is 33.1 Å². The maximum absolute atomic E-state index is 10.6. The predicted molar refractivity (Wildman–Crippen MR) is 101 cm³/mol. The molecule has 0 saturated carbocycles. The van der Waals surface area contributed by atoms with E-state index >= 15 is 0 Å². The predicted octanol–water partition coefficient (Wildman–Crippen LogP) is 5.31. The third kappa shape index (κ3) is 4.48. The highest BCUT2D eigenvalue weighted by Crippen LogP contribution is 2.34. The summed E-state index contributed by atoms with van der Waals surface area (Å²) in [5.41, 5.74) is 3.39. The van der Waals surface area contributed by atoms with Crippen LogP contribution in [0.1, 0.15) is 37.5 Å². The number of aromatic hydroxyl groups is 1. The lowest BCUT2D eigenvalue weighted by molar-refractivity contribution is 0.363. The van der Waals surface area contributed by atoms with Gasteiger partial charge in [0.15, 0.2) is 0 Å². The molecule has 1 N–H and O–H groups in total. The summed E-state index contributed by atoms with van der Waals surface area (Å²) in [5.74, 6) is 1.03. The molecule has 0 spiro atoms. The zero-order valence-corrected chi connectivity index (χ0v) is 14.8. The van der Waals surface area contributed by atoms with Crippen LogP contribution in [-0.4, -0.2) is 17.9 Å². The quantitative estimate of drug-likeness (QED) is 0.598. The van der Waals surface area contributed by atoms with E-state index < -0.39 is 0 Å². The van der Waals surface area contributed by atoms with E-state index in [1.165, 1.54) is 0 Å². The Morgan fingerprint density at radius 3 is 2.62 bits per heavy atom. The maximum atomic E-state index is 10.6. The minimum atomic E-state index is -0.128. The Morgan fingerprint density at radius 2 is 1.96 bits per heavy atom. The normalized spacial score (nSPS) is 11.7.